The summed E-state index contributed by atoms with van der Waals surface area (Å²) in [5, 5.41) is 4.87. The van der Waals surface area contributed by atoms with Crippen molar-refractivity contribution in [2.75, 3.05) is 25.2 Å². The van der Waals surface area contributed by atoms with Gasteiger partial charge in [0, 0.05) is 29.3 Å². The van der Waals surface area contributed by atoms with Crippen molar-refractivity contribution < 1.29 is 9.53 Å². The summed E-state index contributed by atoms with van der Waals surface area (Å²) in [6.07, 6.45) is 1.00. The van der Waals surface area contributed by atoms with Crippen LogP contribution in [0.5, 0.6) is 0 Å². The Morgan fingerprint density at radius 1 is 1.71 bits per heavy atom. The average Bonchev–Trinajstić information content (AvgIpc) is 2.95. The van der Waals surface area contributed by atoms with Crippen molar-refractivity contribution in [3.63, 3.8) is 0 Å². The Labute approximate surface area is 117 Å². The zero-order valence-electron chi connectivity index (χ0n) is 9.49. The predicted molar refractivity (Wildman–Crippen MR) is 76.0 cm³/mol. The van der Waals surface area contributed by atoms with E-state index in [9.17, 15) is 4.79 Å². The van der Waals surface area contributed by atoms with Crippen LogP contribution in [0, 0.1) is 0 Å². The number of hydrogen-bond acceptors (Lipinski definition) is 4. The molecule has 0 saturated carbocycles. The topological polar surface area (TPSA) is 38.3 Å². The summed E-state index contributed by atoms with van der Waals surface area (Å²) in [5.41, 5.74) is -0.172. The van der Waals surface area contributed by atoms with Crippen molar-refractivity contribution in [2.24, 2.45) is 0 Å². The van der Waals surface area contributed by atoms with E-state index < -0.39 is 0 Å². The lowest BCUT2D eigenvalue weighted by molar-refractivity contribution is 0.0137. The van der Waals surface area contributed by atoms with E-state index in [2.05, 4.69) is 21.2 Å². The Bertz CT molecular complexity index is 402. The summed E-state index contributed by atoms with van der Waals surface area (Å²) >= 11 is 6.66. The lowest BCUT2D eigenvalue weighted by Gasteiger charge is -2.26. The van der Waals surface area contributed by atoms with Crippen molar-refractivity contribution >= 4 is 44.9 Å². The Morgan fingerprint density at radius 2 is 2.53 bits per heavy atom. The fraction of sp³-hybridized carbons (Fsp3) is 0.545. The molecular formula is C11H14BrNO2S2. The molecule has 0 aliphatic carbocycles. The second-order valence-corrected chi connectivity index (χ2v) is 6.93. The van der Waals surface area contributed by atoms with Gasteiger partial charge in [-0.05, 0) is 34.2 Å². The van der Waals surface area contributed by atoms with Crippen LogP contribution in [0.1, 0.15) is 16.1 Å². The van der Waals surface area contributed by atoms with Crippen molar-refractivity contribution in [3.8, 4) is 0 Å². The number of methoxy groups -OCH3 is 1. The molecule has 0 aromatic carbocycles. The molecule has 94 valence electrons. The summed E-state index contributed by atoms with van der Waals surface area (Å²) in [5.74, 6) is 2.04. The van der Waals surface area contributed by atoms with Gasteiger partial charge in [0.25, 0.3) is 5.91 Å². The Morgan fingerprint density at radius 3 is 3.06 bits per heavy atom. The van der Waals surface area contributed by atoms with Gasteiger partial charge in [-0.1, -0.05) is 0 Å². The van der Waals surface area contributed by atoms with Gasteiger partial charge in [0.05, 0.1) is 10.5 Å². The van der Waals surface area contributed by atoms with Crippen LogP contribution in [0.15, 0.2) is 15.9 Å². The summed E-state index contributed by atoms with van der Waals surface area (Å²) in [6.45, 7) is 0.588. The highest BCUT2D eigenvalue weighted by Gasteiger charge is 2.34. The Kier molecular flexibility index (Phi) is 4.52. The molecule has 0 spiro atoms. The number of carbonyl (C=O) groups is 1. The number of thioether (sulfide) groups is 1. The van der Waals surface area contributed by atoms with Gasteiger partial charge in [-0.3, -0.25) is 4.79 Å². The third kappa shape index (κ3) is 3.24. The first-order chi connectivity index (χ1) is 8.15. The molecule has 1 saturated heterocycles. The van der Waals surface area contributed by atoms with E-state index in [1.807, 2.05) is 23.2 Å². The minimum absolute atomic E-state index is 0.0194. The van der Waals surface area contributed by atoms with Gasteiger partial charge in [0.15, 0.2) is 0 Å². The Hall–Kier alpha value is -0.0400. The van der Waals surface area contributed by atoms with Crippen LogP contribution in [0.2, 0.25) is 0 Å². The molecule has 6 heteroatoms. The fourth-order valence-corrected chi connectivity index (χ4v) is 4.46. The van der Waals surface area contributed by atoms with Gasteiger partial charge in [0.2, 0.25) is 0 Å². The van der Waals surface area contributed by atoms with Gasteiger partial charge in [-0.25, -0.2) is 0 Å². The molecule has 1 aliphatic heterocycles. The predicted octanol–water partition coefficient (Wildman–Crippen LogP) is 2.76. The van der Waals surface area contributed by atoms with E-state index in [4.69, 9.17) is 4.74 Å². The van der Waals surface area contributed by atoms with Gasteiger partial charge in [0.1, 0.15) is 0 Å². The number of amides is 1. The highest BCUT2D eigenvalue weighted by Crippen LogP contribution is 2.30. The largest absolute Gasteiger partial charge is 0.376 e. The van der Waals surface area contributed by atoms with Crippen LogP contribution >= 0.6 is 39.0 Å². The van der Waals surface area contributed by atoms with E-state index >= 15 is 0 Å². The minimum Gasteiger partial charge on any atom is -0.376 e. The van der Waals surface area contributed by atoms with Crippen molar-refractivity contribution in [1.29, 1.82) is 0 Å². The maximum Gasteiger partial charge on any atom is 0.261 e. The van der Waals surface area contributed by atoms with Crippen molar-refractivity contribution in [3.05, 3.63) is 20.8 Å². The molecule has 1 N–H and O–H groups in total. The molecule has 1 fully saturated rings. The van der Waals surface area contributed by atoms with Gasteiger partial charge < -0.3 is 10.1 Å². The number of thiophene rings is 1. The van der Waals surface area contributed by atoms with E-state index in [-0.39, 0.29) is 11.5 Å². The van der Waals surface area contributed by atoms with Gasteiger partial charge in [-0.15, -0.1) is 11.3 Å². The molecule has 1 aliphatic rings. The van der Waals surface area contributed by atoms with Crippen LogP contribution in [0.3, 0.4) is 0 Å². The summed E-state index contributed by atoms with van der Waals surface area (Å²) in [6, 6.07) is 1.84. The van der Waals surface area contributed by atoms with Crippen LogP contribution in [-0.4, -0.2) is 36.7 Å². The summed E-state index contributed by atoms with van der Waals surface area (Å²) in [7, 11) is 1.72. The molecule has 3 nitrogen and oxygen atoms in total. The molecule has 17 heavy (non-hydrogen) atoms. The van der Waals surface area contributed by atoms with Crippen molar-refractivity contribution in [1.82, 2.24) is 5.32 Å². The first-order valence-corrected chi connectivity index (χ1v) is 8.13. The summed E-state index contributed by atoms with van der Waals surface area (Å²) in [4.78, 5) is 12.6. The third-order valence-corrected chi connectivity index (χ3v) is 5.78. The zero-order valence-corrected chi connectivity index (χ0v) is 12.7. The monoisotopic (exact) mass is 335 g/mol. The van der Waals surface area contributed by atoms with E-state index in [1.165, 1.54) is 11.3 Å². The third-order valence-electron chi connectivity index (χ3n) is 2.86. The number of ether oxygens (including phenoxy) is 1. The maximum atomic E-state index is 11.9. The van der Waals surface area contributed by atoms with Gasteiger partial charge >= 0.3 is 0 Å². The fourth-order valence-electron chi connectivity index (χ4n) is 1.72. The Balaban J connectivity index is 1.91. The molecule has 2 rings (SSSR count). The normalized spacial score (nSPS) is 23.9. The molecule has 1 amide bonds. The first kappa shape index (κ1) is 13.4. The van der Waals surface area contributed by atoms with E-state index in [0.717, 1.165) is 27.3 Å². The average molecular weight is 336 g/mol. The molecule has 1 atom stereocenters. The highest BCUT2D eigenvalue weighted by atomic mass is 79.9. The standard InChI is InChI=1S/C11H14BrNO2S2/c1-15-11(2-3-16-7-11)6-13-10(14)9-4-8(12)5-17-9/h4-5H,2-3,6-7H2,1H3,(H,13,14)/t11-/m0/s1. The van der Waals surface area contributed by atoms with Gasteiger partial charge in [-0.2, -0.15) is 11.8 Å². The molecule has 1 aromatic rings. The number of rotatable bonds is 4. The van der Waals surface area contributed by atoms with E-state index in [1.54, 1.807) is 7.11 Å². The quantitative estimate of drug-likeness (QED) is 0.919. The van der Waals surface area contributed by atoms with Crippen LogP contribution in [0.4, 0.5) is 0 Å². The number of halogens is 1. The molecular weight excluding hydrogens is 322 g/mol. The van der Waals surface area contributed by atoms with E-state index in [0.29, 0.717) is 6.54 Å². The first-order valence-electron chi connectivity index (χ1n) is 5.30. The van der Waals surface area contributed by atoms with Crippen LogP contribution in [0.25, 0.3) is 0 Å². The lowest BCUT2D eigenvalue weighted by atomic mass is 10.0. The SMILES string of the molecule is CO[C@]1(CNC(=O)c2cc(Br)cs2)CCSC1. The molecule has 2 heterocycles. The second-order valence-electron chi connectivity index (χ2n) is 4.00. The molecule has 1 aromatic heterocycles. The number of carbonyl (C=O) groups excluding carboxylic acids is 1. The maximum absolute atomic E-state index is 11.9. The second kappa shape index (κ2) is 5.73. The number of hydrogen-bond donors (Lipinski definition) is 1. The van der Waals surface area contributed by atoms with Crippen LogP contribution in [-0.2, 0) is 4.74 Å². The minimum atomic E-state index is -0.172. The molecule has 0 unspecified atom stereocenters. The lowest BCUT2D eigenvalue weighted by Crippen LogP contribution is -2.44. The van der Waals surface area contributed by atoms with Crippen molar-refractivity contribution in [2.45, 2.75) is 12.0 Å². The van der Waals surface area contributed by atoms with Crippen LogP contribution < -0.4 is 5.32 Å². The highest BCUT2D eigenvalue weighted by molar-refractivity contribution is 9.10. The zero-order chi connectivity index (χ0) is 12.3. The number of nitrogens with one attached hydrogen (secondary N) is 1. The summed E-state index contributed by atoms with van der Waals surface area (Å²) < 4.78 is 6.50. The molecule has 0 radical (unpaired) electrons. The smallest absolute Gasteiger partial charge is 0.261 e. The molecule has 0 bridgehead atoms.